The van der Waals surface area contributed by atoms with Gasteiger partial charge in [-0.1, -0.05) is 25.9 Å². The van der Waals surface area contributed by atoms with Crippen molar-refractivity contribution in [3.63, 3.8) is 0 Å². The fourth-order valence-electron chi connectivity index (χ4n) is 2.13. The minimum Gasteiger partial charge on any atom is -0.469 e. The molecule has 0 spiro atoms. The van der Waals surface area contributed by atoms with E-state index in [0.29, 0.717) is 23.7 Å². The predicted molar refractivity (Wildman–Crippen MR) is 77.4 cm³/mol. The molecule has 2 rings (SSSR count). The van der Waals surface area contributed by atoms with Gasteiger partial charge in [0.2, 0.25) is 11.7 Å². The van der Waals surface area contributed by atoms with Gasteiger partial charge in [-0.2, -0.15) is 4.98 Å². The van der Waals surface area contributed by atoms with E-state index in [2.05, 4.69) is 36.2 Å². The van der Waals surface area contributed by atoms with E-state index in [1.54, 1.807) is 6.26 Å². The van der Waals surface area contributed by atoms with E-state index in [4.69, 9.17) is 8.94 Å². The summed E-state index contributed by atoms with van der Waals surface area (Å²) in [6, 6.07) is 2.22. The maximum absolute atomic E-state index is 5.36. The van der Waals surface area contributed by atoms with Crippen LogP contribution in [0.2, 0.25) is 0 Å². The zero-order chi connectivity index (χ0) is 14.5. The average molecular weight is 277 g/mol. The molecule has 1 atom stereocenters. The summed E-state index contributed by atoms with van der Waals surface area (Å²) in [4.78, 5) is 4.47. The third kappa shape index (κ3) is 3.48. The lowest BCUT2D eigenvalue weighted by Crippen LogP contribution is -2.36. The van der Waals surface area contributed by atoms with Crippen molar-refractivity contribution in [2.75, 3.05) is 6.54 Å². The molecule has 0 saturated carbocycles. The van der Waals surface area contributed by atoms with Gasteiger partial charge in [-0.3, -0.25) is 0 Å². The van der Waals surface area contributed by atoms with Gasteiger partial charge in [0.15, 0.2) is 0 Å². The second kappa shape index (κ2) is 6.70. The Labute approximate surface area is 119 Å². The van der Waals surface area contributed by atoms with Crippen LogP contribution in [0.3, 0.4) is 0 Å². The quantitative estimate of drug-likeness (QED) is 0.842. The van der Waals surface area contributed by atoms with Crippen LogP contribution >= 0.6 is 0 Å². The largest absolute Gasteiger partial charge is 0.469 e. The number of aromatic nitrogens is 2. The maximum Gasteiger partial charge on any atom is 0.228 e. The topological polar surface area (TPSA) is 64.1 Å². The van der Waals surface area contributed by atoms with Crippen molar-refractivity contribution in [3.05, 3.63) is 24.0 Å². The smallest absolute Gasteiger partial charge is 0.228 e. The van der Waals surface area contributed by atoms with Crippen molar-refractivity contribution in [3.8, 4) is 11.4 Å². The Bertz CT molecular complexity index is 531. The highest BCUT2D eigenvalue weighted by Crippen LogP contribution is 2.21. The Morgan fingerprint density at radius 2 is 2.15 bits per heavy atom. The van der Waals surface area contributed by atoms with Gasteiger partial charge in [0, 0.05) is 12.5 Å². The van der Waals surface area contributed by atoms with Crippen LogP contribution in [0.25, 0.3) is 11.4 Å². The minimum absolute atomic E-state index is 0.355. The molecule has 0 aliphatic carbocycles. The van der Waals surface area contributed by atoms with E-state index in [0.717, 1.165) is 30.7 Å². The fourth-order valence-corrected chi connectivity index (χ4v) is 2.13. The Morgan fingerprint density at radius 1 is 1.35 bits per heavy atom. The van der Waals surface area contributed by atoms with Crippen LogP contribution in [-0.2, 0) is 6.42 Å². The standard InChI is InChI=1S/C15H23N3O2/c1-5-7-16-13(10(2)3)9-14-17-15(18-20-14)12-6-8-19-11(12)4/h6,8,10,13,16H,5,7,9H2,1-4H3. The summed E-state index contributed by atoms with van der Waals surface area (Å²) in [5.41, 5.74) is 0.891. The number of furan rings is 1. The minimum atomic E-state index is 0.355. The van der Waals surface area contributed by atoms with Crippen LogP contribution in [-0.4, -0.2) is 22.7 Å². The van der Waals surface area contributed by atoms with Gasteiger partial charge in [-0.05, 0) is 31.9 Å². The van der Waals surface area contributed by atoms with Gasteiger partial charge in [-0.15, -0.1) is 0 Å². The fraction of sp³-hybridized carbons (Fsp3) is 0.600. The predicted octanol–water partition coefficient (Wildman–Crippen LogP) is 3.20. The van der Waals surface area contributed by atoms with Gasteiger partial charge in [0.05, 0.1) is 11.8 Å². The molecule has 20 heavy (non-hydrogen) atoms. The number of nitrogens with one attached hydrogen (secondary N) is 1. The molecule has 0 aliphatic rings. The number of rotatable bonds is 7. The molecule has 0 bridgehead atoms. The van der Waals surface area contributed by atoms with E-state index >= 15 is 0 Å². The molecular weight excluding hydrogens is 254 g/mol. The van der Waals surface area contributed by atoms with Gasteiger partial charge < -0.3 is 14.3 Å². The normalized spacial score (nSPS) is 13.1. The van der Waals surface area contributed by atoms with Crippen LogP contribution < -0.4 is 5.32 Å². The first-order valence-electron chi connectivity index (χ1n) is 7.22. The highest BCUT2D eigenvalue weighted by molar-refractivity contribution is 5.56. The van der Waals surface area contributed by atoms with E-state index in [-0.39, 0.29) is 0 Å². The summed E-state index contributed by atoms with van der Waals surface area (Å²) < 4.78 is 10.6. The monoisotopic (exact) mass is 277 g/mol. The van der Waals surface area contributed by atoms with Crippen LogP contribution in [0.15, 0.2) is 21.3 Å². The summed E-state index contributed by atoms with van der Waals surface area (Å²) in [5, 5.41) is 7.56. The van der Waals surface area contributed by atoms with Gasteiger partial charge >= 0.3 is 0 Å². The lowest BCUT2D eigenvalue weighted by molar-refractivity contribution is 0.326. The molecule has 2 aromatic heterocycles. The molecule has 5 nitrogen and oxygen atoms in total. The second-order valence-electron chi connectivity index (χ2n) is 5.41. The highest BCUT2D eigenvalue weighted by atomic mass is 16.5. The molecule has 0 radical (unpaired) electrons. The van der Waals surface area contributed by atoms with Crippen LogP contribution in [0.5, 0.6) is 0 Å². The first-order chi connectivity index (χ1) is 9.61. The van der Waals surface area contributed by atoms with E-state index < -0.39 is 0 Å². The molecule has 5 heteroatoms. The zero-order valence-corrected chi connectivity index (χ0v) is 12.6. The molecule has 2 aromatic rings. The summed E-state index contributed by atoms with van der Waals surface area (Å²) >= 11 is 0. The Balaban J connectivity index is 2.06. The number of hydrogen-bond acceptors (Lipinski definition) is 5. The van der Waals surface area contributed by atoms with Crippen LogP contribution in [0.1, 0.15) is 38.8 Å². The molecule has 0 aromatic carbocycles. The van der Waals surface area contributed by atoms with Gasteiger partial charge in [0.25, 0.3) is 0 Å². The number of nitrogens with zero attached hydrogens (tertiary/aromatic N) is 2. The highest BCUT2D eigenvalue weighted by Gasteiger charge is 2.18. The first kappa shape index (κ1) is 14.8. The van der Waals surface area contributed by atoms with Crippen LogP contribution in [0.4, 0.5) is 0 Å². The van der Waals surface area contributed by atoms with E-state index in [9.17, 15) is 0 Å². The van der Waals surface area contributed by atoms with Crippen molar-refractivity contribution >= 4 is 0 Å². The summed E-state index contributed by atoms with van der Waals surface area (Å²) in [7, 11) is 0. The van der Waals surface area contributed by atoms with Crippen molar-refractivity contribution in [1.82, 2.24) is 15.5 Å². The van der Waals surface area contributed by atoms with Gasteiger partial charge in [0.1, 0.15) is 5.76 Å². The van der Waals surface area contributed by atoms with Crippen molar-refractivity contribution in [2.24, 2.45) is 5.92 Å². The second-order valence-corrected chi connectivity index (χ2v) is 5.41. The molecule has 1 unspecified atom stereocenters. The molecule has 0 saturated heterocycles. The molecular formula is C15H23N3O2. The lowest BCUT2D eigenvalue weighted by atomic mass is 10.0. The molecule has 0 aliphatic heterocycles. The summed E-state index contributed by atoms with van der Waals surface area (Å²) in [6.07, 6.45) is 3.51. The molecule has 0 amide bonds. The molecule has 110 valence electrons. The van der Waals surface area contributed by atoms with Crippen LogP contribution in [0, 0.1) is 12.8 Å². The molecule has 2 heterocycles. The van der Waals surface area contributed by atoms with Crippen molar-refractivity contribution in [2.45, 2.75) is 46.6 Å². The number of aryl methyl sites for hydroxylation is 1. The third-order valence-electron chi connectivity index (χ3n) is 3.42. The molecule has 0 fully saturated rings. The van der Waals surface area contributed by atoms with Gasteiger partial charge in [-0.25, -0.2) is 0 Å². The SMILES string of the molecule is CCCNC(Cc1nc(-c2ccoc2C)no1)C(C)C. The Morgan fingerprint density at radius 3 is 2.75 bits per heavy atom. The molecule has 1 N–H and O–H groups in total. The lowest BCUT2D eigenvalue weighted by Gasteiger charge is -2.20. The zero-order valence-electron chi connectivity index (χ0n) is 12.6. The Hall–Kier alpha value is -1.62. The average Bonchev–Trinajstić information content (AvgIpc) is 3.02. The summed E-state index contributed by atoms with van der Waals surface area (Å²) in [5.74, 6) is 2.60. The first-order valence-corrected chi connectivity index (χ1v) is 7.22. The third-order valence-corrected chi connectivity index (χ3v) is 3.42. The Kier molecular flexibility index (Phi) is 4.95. The maximum atomic E-state index is 5.36. The van der Waals surface area contributed by atoms with Crippen molar-refractivity contribution < 1.29 is 8.94 Å². The van der Waals surface area contributed by atoms with Crippen molar-refractivity contribution in [1.29, 1.82) is 0 Å². The summed E-state index contributed by atoms with van der Waals surface area (Å²) in [6.45, 7) is 9.46. The van der Waals surface area contributed by atoms with E-state index in [1.807, 2.05) is 13.0 Å². The van der Waals surface area contributed by atoms with E-state index in [1.165, 1.54) is 0 Å². The number of hydrogen-bond donors (Lipinski definition) is 1.